The molecule has 0 atom stereocenters. The second-order valence-electron chi connectivity index (χ2n) is 7.74. The summed E-state index contributed by atoms with van der Waals surface area (Å²) in [6.07, 6.45) is 1.61. The number of aromatic nitrogens is 2. The first-order chi connectivity index (χ1) is 16.3. The lowest BCUT2D eigenvalue weighted by Gasteiger charge is -2.13. The van der Waals surface area contributed by atoms with Gasteiger partial charge in [-0.2, -0.15) is 0 Å². The molecular formula is C25H21ClFN3O4. The number of amides is 1. The highest BCUT2D eigenvalue weighted by Gasteiger charge is 2.17. The fourth-order valence-corrected chi connectivity index (χ4v) is 3.79. The highest BCUT2D eigenvalue weighted by atomic mass is 35.5. The number of aromatic hydroxyl groups is 1. The summed E-state index contributed by atoms with van der Waals surface area (Å²) in [7, 11) is 3.10. The monoisotopic (exact) mass is 481 g/mol. The van der Waals surface area contributed by atoms with Crippen LogP contribution in [0.1, 0.15) is 27.0 Å². The normalized spacial score (nSPS) is 10.9. The van der Waals surface area contributed by atoms with E-state index in [1.54, 1.807) is 43.6 Å². The van der Waals surface area contributed by atoms with Crippen molar-refractivity contribution in [3.05, 3.63) is 98.2 Å². The lowest BCUT2D eigenvalue weighted by molar-refractivity contribution is 0.0951. The number of hydrogen-bond donors (Lipinski definition) is 2. The summed E-state index contributed by atoms with van der Waals surface area (Å²) in [5.41, 5.74) is 1.73. The average molecular weight is 482 g/mol. The highest BCUT2D eigenvalue weighted by Crippen LogP contribution is 2.29. The minimum Gasteiger partial charge on any atom is -0.507 e. The topological polar surface area (TPSA) is 93.5 Å². The van der Waals surface area contributed by atoms with Crippen LogP contribution in [0.5, 0.6) is 11.6 Å². The molecule has 0 aliphatic carbocycles. The smallest absolute Gasteiger partial charge is 0.258 e. The molecule has 2 aromatic carbocycles. The van der Waals surface area contributed by atoms with Gasteiger partial charge in [0.2, 0.25) is 5.88 Å². The summed E-state index contributed by atoms with van der Waals surface area (Å²) in [5.74, 6) is -0.736. The number of nitrogens with one attached hydrogen (secondary N) is 1. The van der Waals surface area contributed by atoms with Crippen molar-refractivity contribution in [2.45, 2.75) is 13.0 Å². The molecule has 34 heavy (non-hydrogen) atoms. The van der Waals surface area contributed by atoms with Crippen molar-refractivity contribution in [2.24, 2.45) is 7.05 Å². The van der Waals surface area contributed by atoms with Gasteiger partial charge in [-0.15, -0.1) is 0 Å². The number of nitrogens with zero attached hydrogens (tertiary/aromatic N) is 2. The fraction of sp³-hybridized carbons (Fsp3) is 0.160. The summed E-state index contributed by atoms with van der Waals surface area (Å²) in [6.45, 7) is 0.250. The number of carbonyl (C=O) groups excluding carboxylic acids is 1. The molecule has 174 valence electrons. The van der Waals surface area contributed by atoms with Crippen LogP contribution in [0, 0.1) is 5.82 Å². The van der Waals surface area contributed by atoms with Crippen LogP contribution >= 0.6 is 11.6 Å². The molecule has 0 fully saturated rings. The van der Waals surface area contributed by atoms with Crippen LogP contribution in [0.3, 0.4) is 0 Å². The van der Waals surface area contributed by atoms with Gasteiger partial charge in [0.1, 0.15) is 11.6 Å². The average Bonchev–Trinajstić information content (AvgIpc) is 2.85. The van der Waals surface area contributed by atoms with Crippen molar-refractivity contribution in [3.8, 4) is 11.6 Å². The molecule has 9 heteroatoms. The zero-order chi connectivity index (χ0) is 24.4. The first-order valence-electron chi connectivity index (χ1n) is 10.3. The third-order valence-corrected chi connectivity index (χ3v) is 5.86. The Morgan fingerprint density at radius 3 is 2.62 bits per heavy atom. The van der Waals surface area contributed by atoms with Crippen molar-refractivity contribution in [1.29, 1.82) is 0 Å². The van der Waals surface area contributed by atoms with E-state index >= 15 is 0 Å². The molecule has 0 saturated heterocycles. The Morgan fingerprint density at radius 2 is 1.94 bits per heavy atom. The predicted octanol–water partition coefficient (Wildman–Crippen LogP) is 3.96. The van der Waals surface area contributed by atoms with E-state index in [2.05, 4.69) is 10.3 Å². The molecule has 2 aromatic heterocycles. The van der Waals surface area contributed by atoms with Crippen molar-refractivity contribution >= 4 is 28.4 Å². The molecule has 0 unspecified atom stereocenters. The number of rotatable bonds is 6. The largest absolute Gasteiger partial charge is 0.507 e. The SMILES string of the molecule is COc1ccc(CNC(=O)c2ccc3c(c2)c(O)c(Cc2ccc(Cl)c(F)c2)c(=O)n3C)cn1. The minimum absolute atomic E-state index is 0.00340. The van der Waals surface area contributed by atoms with Crippen molar-refractivity contribution in [3.63, 3.8) is 0 Å². The molecule has 0 radical (unpaired) electrons. The number of halogens is 2. The van der Waals surface area contributed by atoms with Crippen LogP contribution in [0.15, 0.2) is 59.5 Å². The Morgan fingerprint density at radius 1 is 1.18 bits per heavy atom. The molecule has 0 bridgehead atoms. The number of aryl methyl sites for hydroxylation is 1. The molecular weight excluding hydrogens is 461 g/mol. The van der Waals surface area contributed by atoms with Crippen LogP contribution in [0.4, 0.5) is 4.39 Å². The zero-order valence-corrected chi connectivity index (χ0v) is 19.2. The molecule has 0 aliphatic rings. The van der Waals surface area contributed by atoms with Crippen LogP contribution in [0.2, 0.25) is 5.02 Å². The van der Waals surface area contributed by atoms with Gasteiger partial charge in [-0.3, -0.25) is 9.59 Å². The number of benzene rings is 2. The standard InChI is InChI=1S/C25H21ClFN3O4/c1-30-21-7-5-16(24(32)29-13-15-4-8-22(34-2)28-12-15)11-17(21)23(31)18(25(30)33)9-14-3-6-19(26)20(27)10-14/h3-8,10-12,31H,9,13H2,1-2H3,(H,29,32). The van der Waals surface area contributed by atoms with E-state index in [-0.39, 0.29) is 35.2 Å². The maximum atomic E-state index is 13.9. The van der Waals surface area contributed by atoms with Gasteiger partial charge in [0.15, 0.2) is 0 Å². The third-order valence-electron chi connectivity index (χ3n) is 5.55. The van der Waals surface area contributed by atoms with E-state index in [1.165, 1.54) is 29.9 Å². The number of hydrogen-bond acceptors (Lipinski definition) is 5. The molecule has 0 spiro atoms. The molecule has 4 aromatic rings. The maximum Gasteiger partial charge on any atom is 0.258 e. The number of pyridine rings is 2. The Labute approximate surface area is 199 Å². The fourth-order valence-electron chi connectivity index (χ4n) is 3.67. The quantitative estimate of drug-likeness (QED) is 0.435. The van der Waals surface area contributed by atoms with Gasteiger partial charge in [0.25, 0.3) is 11.5 Å². The molecule has 4 rings (SSSR count). The van der Waals surface area contributed by atoms with Gasteiger partial charge in [0.05, 0.1) is 23.2 Å². The van der Waals surface area contributed by atoms with Crippen LogP contribution in [0.25, 0.3) is 10.9 Å². The summed E-state index contributed by atoms with van der Waals surface area (Å²) in [6, 6.07) is 12.4. The van der Waals surface area contributed by atoms with E-state index in [9.17, 15) is 19.1 Å². The lowest BCUT2D eigenvalue weighted by atomic mass is 10.0. The van der Waals surface area contributed by atoms with Crippen molar-refractivity contribution in [2.75, 3.05) is 7.11 Å². The second-order valence-corrected chi connectivity index (χ2v) is 8.15. The van der Waals surface area contributed by atoms with Gasteiger partial charge in [-0.05, 0) is 41.5 Å². The van der Waals surface area contributed by atoms with Gasteiger partial charge in [0, 0.05) is 43.2 Å². The van der Waals surface area contributed by atoms with Crippen LogP contribution in [-0.4, -0.2) is 27.7 Å². The number of ether oxygens (including phenoxy) is 1. The second kappa shape index (κ2) is 9.52. The van der Waals surface area contributed by atoms with Crippen LogP contribution < -0.4 is 15.6 Å². The Balaban J connectivity index is 1.64. The zero-order valence-electron chi connectivity index (χ0n) is 18.4. The molecule has 2 heterocycles. The minimum atomic E-state index is -0.609. The van der Waals surface area contributed by atoms with Gasteiger partial charge >= 0.3 is 0 Å². The summed E-state index contributed by atoms with van der Waals surface area (Å²) in [5, 5.41) is 14.0. The van der Waals surface area contributed by atoms with Crippen molar-refractivity contribution in [1.82, 2.24) is 14.9 Å². The van der Waals surface area contributed by atoms with E-state index in [0.717, 1.165) is 5.56 Å². The van der Waals surface area contributed by atoms with Crippen LogP contribution in [-0.2, 0) is 20.0 Å². The molecule has 1 amide bonds. The molecule has 0 saturated carbocycles. The number of fused-ring (bicyclic) bond motifs is 1. The lowest BCUT2D eigenvalue weighted by Crippen LogP contribution is -2.24. The molecule has 7 nitrogen and oxygen atoms in total. The van der Waals surface area contributed by atoms with Gasteiger partial charge in [-0.25, -0.2) is 9.37 Å². The first-order valence-corrected chi connectivity index (χ1v) is 10.7. The Hall–Kier alpha value is -3.91. The Kier molecular flexibility index (Phi) is 6.51. The summed E-state index contributed by atoms with van der Waals surface area (Å²) >= 11 is 5.74. The first kappa shape index (κ1) is 23.3. The Bertz CT molecular complexity index is 1450. The third kappa shape index (κ3) is 4.58. The van der Waals surface area contributed by atoms with Gasteiger partial charge < -0.3 is 19.7 Å². The predicted molar refractivity (Wildman–Crippen MR) is 127 cm³/mol. The summed E-state index contributed by atoms with van der Waals surface area (Å²) in [4.78, 5) is 29.7. The van der Waals surface area contributed by atoms with E-state index in [0.29, 0.717) is 27.9 Å². The van der Waals surface area contributed by atoms with Crippen molar-refractivity contribution < 1.29 is 19.0 Å². The van der Waals surface area contributed by atoms with E-state index in [4.69, 9.17) is 16.3 Å². The molecule has 2 N–H and O–H groups in total. The highest BCUT2D eigenvalue weighted by molar-refractivity contribution is 6.30. The number of carbonyl (C=O) groups is 1. The van der Waals surface area contributed by atoms with E-state index in [1.807, 2.05) is 0 Å². The molecule has 0 aliphatic heterocycles. The summed E-state index contributed by atoms with van der Waals surface area (Å²) < 4.78 is 20.3. The maximum absolute atomic E-state index is 13.9. The van der Waals surface area contributed by atoms with E-state index < -0.39 is 11.4 Å². The number of methoxy groups -OCH3 is 1. The van der Waals surface area contributed by atoms with Gasteiger partial charge in [-0.1, -0.05) is 23.7 Å².